The molecule has 3 heterocycles. The van der Waals surface area contributed by atoms with Crippen LogP contribution in [0.1, 0.15) is 30.7 Å². The molecule has 0 radical (unpaired) electrons. The zero-order chi connectivity index (χ0) is 20.1. The van der Waals surface area contributed by atoms with Crippen molar-refractivity contribution in [3.63, 3.8) is 0 Å². The highest BCUT2D eigenvalue weighted by Crippen LogP contribution is 2.15. The number of rotatable bonds is 7. The van der Waals surface area contributed by atoms with Crippen molar-refractivity contribution >= 4 is 17.4 Å². The molecule has 4 rings (SSSR count). The molecule has 0 aliphatic carbocycles. The second-order valence-corrected chi connectivity index (χ2v) is 7.29. The molecule has 0 bridgehead atoms. The number of aromatic nitrogens is 4. The molecule has 152 valence electrons. The van der Waals surface area contributed by atoms with E-state index in [0.717, 1.165) is 18.9 Å². The van der Waals surface area contributed by atoms with Gasteiger partial charge in [0, 0.05) is 32.5 Å². The molecule has 8 nitrogen and oxygen atoms in total. The predicted molar refractivity (Wildman–Crippen MR) is 110 cm³/mol. The first-order chi connectivity index (χ1) is 14.2. The van der Waals surface area contributed by atoms with E-state index in [1.54, 1.807) is 4.52 Å². The summed E-state index contributed by atoms with van der Waals surface area (Å²) in [7, 11) is 0. The summed E-state index contributed by atoms with van der Waals surface area (Å²) in [5.41, 5.74) is 1.91. The zero-order valence-electron chi connectivity index (χ0n) is 16.6. The third-order valence-electron chi connectivity index (χ3n) is 5.20. The second-order valence-electron chi connectivity index (χ2n) is 7.29. The molecule has 1 aliphatic rings. The molecule has 1 fully saturated rings. The lowest BCUT2D eigenvalue weighted by Gasteiger charge is -2.27. The minimum absolute atomic E-state index is 0.00821. The van der Waals surface area contributed by atoms with Gasteiger partial charge in [-0.05, 0) is 23.6 Å². The van der Waals surface area contributed by atoms with E-state index in [-0.39, 0.29) is 11.8 Å². The third-order valence-corrected chi connectivity index (χ3v) is 5.20. The van der Waals surface area contributed by atoms with Gasteiger partial charge < -0.3 is 15.0 Å². The van der Waals surface area contributed by atoms with Crippen LogP contribution < -0.4 is 10.2 Å². The molecular weight excluding hydrogens is 368 g/mol. The Morgan fingerprint density at radius 3 is 2.72 bits per heavy atom. The van der Waals surface area contributed by atoms with Crippen molar-refractivity contribution in [3.05, 3.63) is 53.9 Å². The number of benzene rings is 1. The second kappa shape index (κ2) is 9.00. The standard InChI is InChI=1S/C21H26N6O2/c1-16(17-5-3-2-4-6-17)15-22-21(28)10-9-19-24-23-18-7-8-20(25-27(18)19)26-11-13-29-14-12-26/h2-8,16H,9-15H2,1H3,(H,22,28). The zero-order valence-corrected chi connectivity index (χ0v) is 16.6. The molecule has 1 atom stereocenters. The highest BCUT2D eigenvalue weighted by molar-refractivity contribution is 5.76. The predicted octanol–water partition coefficient (Wildman–Crippen LogP) is 1.81. The van der Waals surface area contributed by atoms with E-state index in [0.29, 0.717) is 44.1 Å². The summed E-state index contributed by atoms with van der Waals surface area (Å²) in [6.45, 7) is 5.77. The smallest absolute Gasteiger partial charge is 0.220 e. The normalized spacial score (nSPS) is 15.4. The van der Waals surface area contributed by atoms with Crippen LogP contribution in [0.15, 0.2) is 42.5 Å². The summed E-state index contributed by atoms with van der Waals surface area (Å²) in [6, 6.07) is 14.1. The summed E-state index contributed by atoms with van der Waals surface area (Å²) in [5.74, 6) is 1.85. The number of anilines is 1. The van der Waals surface area contributed by atoms with Gasteiger partial charge in [-0.3, -0.25) is 4.79 Å². The number of aryl methyl sites for hydroxylation is 1. The molecule has 0 saturated carbocycles. The van der Waals surface area contributed by atoms with E-state index in [2.05, 4.69) is 44.6 Å². The first kappa shape index (κ1) is 19.3. The van der Waals surface area contributed by atoms with Gasteiger partial charge in [0.2, 0.25) is 5.91 Å². The summed E-state index contributed by atoms with van der Waals surface area (Å²) in [5, 5.41) is 16.1. The topological polar surface area (TPSA) is 84.7 Å². The number of nitrogens with zero attached hydrogens (tertiary/aromatic N) is 5. The number of fused-ring (bicyclic) bond motifs is 1. The minimum atomic E-state index is 0.00821. The lowest BCUT2D eigenvalue weighted by molar-refractivity contribution is -0.121. The number of hydrogen-bond donors (Lipinski definition) is 1. The van der Waals surface area contributed by atoms with Crippen molar-refractivity contribution in [1.82, 2.24) is 25.1 Å². The molecule has 1 saturated heterocycles. The Balaban J connectivity index is 1.34. The maximum absolute atomic E-state index is 12.3. The van der Waals surface area contributed by atoms with Crippen LogP contribution in [0.2, 0.25) is 0 Å². The first-order valence-corrected chi connectivity index (χ1v) is 10.1. The fourth-order valence-electron chi connectivity index (χ4n) is 3.42. The monoisotopic (exact) mass is 394 g/mol. The van der Waals surface area contributed by atoms with Crippen LogP contribution in [0.3, 0.4) is 0 Å². The third kappa shape index (κ3) is 4.71. The number of amides is 1. The van der Waals surface area contributed by atoms with E-state index in [9.17, 15) is 4.79 Å². The molecule has 8 heteroatoms. The van der Waals surface area contributed by atoms with Gasteiger partial charge in [-0.25, -0.2) is 0 Å². The lowest BCUT2D eigenvalue weighted by atomic mass is 10.0. The SMILES string of the molecule is CC(CNC(=O)CCc1nnc2ccc(N3CCOCC3)nn12)c1ccccc1. The Bertz CT molecular complexity index is 952. The Morgan fingerprint density at radius 2 is 1.93 bits per heavy atom. The molecule has 1 amide bonds. The Morgan fingerprint density at radius 1 is 1.14 bits per heavy atom. The molecule has 1 aliphatic heterocycles. The van der Waals surface area contributed by atoms with Gasteiger partial charge in [-0.15, -0.1) is 15.3 Å². The van der Waals surface area contributed by atoms with Crippen LogP contribution in [0.4, 0.5) is 5.82 Å². The van der Waals surface area contributed by atoms with E-state index in [1.165, 1.54) is 5.56 Å². The number of carbonyl (C=O) groups is 1. The van der Waals surface area contributed by atoms with Crippen molar-refractivity contribution < 1.29 is 9.53 Å². The molecule has 1 aromatic carbocycles. The number of carbonyl (C=O) groups excluding carboxylic acids is 1. The quantitative estimate of drug-likeness (QED) is 0.658. The van der Waals surface area contributed by atoms with Crippen LogP contribution in [-0.2, 0) is 16.0 Å². The lowest BCUT2D eigenvalue weighted by Crippen LogP contribution is -2.37. The molecule has 1 unspecified atom stereocenters. The maximum atomic E-state index is 12.3. The van der Waals surface area contributed by atoms with Crippen LogP contribution in [0.25, 0.3) is 5.65 Å². The minimum Gasteiger partial charge on any atom is -0.378 e. The summed E-state index contributed by atoms with van der Waals surface area (Å²) < 4.78 is 7.15. The van der Waals surface area contributed by atoms with Crippen molar-refractivity contribution in [2.24, 2.45) is 0 Å². The highest BCUT2D eigenvalue weighted by Gasteiger charge is 2.16. The Hall–Kier alpha value is -3.00. The van der Waals surface area contributed by atoms with E-state index in [1.807, 2.05) is 30.3 Å². The van der Waals surface area contributed by atoms with Gasteiger partial charge in [0.25, 0.3) is 0 Å². The van der Waals surface area contributed by atoms with E-state index in [4.69, 9.17) is 4.74 Å². The van der Waals surface area contributed by atoms with E-state index >= 15 is 0 Å². The number of morpholine rings is 1. The van der Waals surface area contributed by atoms with Crippen molar-refractivity contribution in [2.75, 3.05) is 37.7 Å². The van der Waals surface area contributed by atoms with Gasteiger partial charge >= 0.3 is 0 Å². The van der Waals surface area contributed by atoms with Gasteiger partial charge in [-0.2, -0.15) is 4.52 Å². The van der Waals surface area contributed by atoms with Gasteiger partial charge in [0.1, 0.15) is 5.82 Å². The van der Waals surface area contributed by atoms with Crippen molar-refractivity contribution in [2.45, 2.75) is 25.7 Å². The van der Waals surface area contributed by atoms with Crippen molar-refractivity contribution in [1.29, 1.82) is 0 Å². The molecule has 3 aromatic rings. The van der Waals surface area contributed by atoms with Crippen LogP contribution >= 0.6 is 0 Å². The molecule has 1 N–H and O–H groups in total. The van der Waals surface area contributed by atoms with Crippen LogP contribution in [0.5, 0.6) is 0 Å². The molecule has 2 aromatic heterocycles. The number of ether oxygens (including phenoxy) is 1. The largest absolute Gasteiger partial charge is 0.378 e. The maximum Gasteiger partial charge on any atom is 0.220 e. The highest BCUT2D eigenvalue weighted by atomic mass is 16.5. The molecular formula is C21H26N6O2. The average Bonchev–Trinajstić information content (AvgIpc) is 3.19. The summed E-state index contributed by atoms with van der Waals surface area (Å²) in [6.07, 6.45) is 0.845. The Kier molecular flexibility index (Phi) is 6.00. The summed E-state index contributed by atoms with van der Waals surface area (Å²) >= 11 is 0. The van der Waals surface area contributed by atoms with Gasteiger partial charge in [-0.1, -0.05) is 37.3 Å². The average molecular weight is 394 g/mol. The number of nitrogens with one attached hydrogen (secondary N) is 1. The molecule has 0 spiro atoms. The summed E-state index contributed by atoms with van der Waals surface area (Å²) in [4.78, 5) is 14.5. The fourth-order valence-corrected chi connectivity index (χ4v) is 3.42. The van der Waals surface area contributed by atoms with E-state index < -0.39 is 0 Å². The Labute approximate surface area is 169 Å². The van der Waals surface area contributed by atoms with Crippen molar-refractivity contribution in [3.8, 4) is 0 Å². The fraction of sp³-hybridized carbons (Fsp3) is 0.429. The number of hydrogen-bond acceptors (Lipinski definition) is 6. The van der Waals surface area contributed by atoms with Gasteiger partial charge in [0.15, 0.2) is 11.5 Å². The molecule has 29 heavy (non-hydrogen) atoms. The van der Waals surface area contributed by atoms with Gasteiger partial charge in [0.05, 0.1) is 13.2 Å². The first-order valence-electron chi connectivity index (χ1n) is 10.1. The van der Waals surface area contributed by atoms with Crippen LogP contribution in [-0.4, -0.2) is 58.6 Å². The van der Waals surface area contributed by atoms with Crippen LogP contribution in [0, 0.1) is 0 Å².